The molecule has 0 fully saturated rings. The van der Waals surface area contributed by atoms with Crippen LogP contribution in [0.1, 0.15) is 12.0 Å². The number of aryl methyl sites for hydroxylation is 1. The summed E-state index contributed by atoms with van der Waals surface area (Å²) in [6, 6.07) is 10.3. The Kier molecular flexibility index (Phi) is 5.88. The van der Waals surface area contributed by atoms with Crippen molar-refractivity contribution in [3.63, 3.8) is 0 Å². The van der Waals surface area contributed by atoms with E-state index in [0.29, 0.717) is 28.6 Å². The number of nitrogens with zero attached hydrogens (tertiary/aromatic N) is 1. The van der Waals surface area contributed by atoms with Gasteiger partial charge in [0, 0.05) is 24.7 Å². The molecule has 0 saturated heterocycles. The highest BCUT2D eigenvalue weighted by Crippen LogP contribution is 2.35. The molecule has 9 heteroatoms. The fraction of sp³-hybridized carbons (Fsp3) is 0.350. The summed E-state index contributed by atoms with van der Waals surface area (Å²) in [5.41, 5.74) is 1.85. The van der Waals surface area contributed by atoms with Crippen molar-refractivity contribution < 1.29 is 27.4 Å². The van der Waals surface area contributed by atoms with Crippen LogP contribution >= 0.6 is 0 Å². The SMILES string of the molecule is COc1ccc(NC(=O)[C@H]2CCN(S(C)(=O)=O)c3cc(C)ccc3O2)cc1OC. The maximum absolute atomic E-state index is 12.8. The van der Waals surface area contributed by atoms with Crippen molar-refractivity contribution >= 4 is 27.3 Å². The topological polar surface area (TPSA) is 94.2 Å². The summed E-state index contributed by atoms with van der Waals surface area (Å²) in [7, 11) is -0.472. The van der Waals surface area contributed by atoms with Gasteiger partial charge in [-0.25, -0.2) is 8.42 Å². The monoisotopic (exact) mass is 420 g/mol. The Morgan fingerprint density at radius 1 is 1.14 bits per heavy atom. The summed E-state index contributed by atoms with van der Waals surface area (Å²) >= 11 is 0. The van der Waals surface area contributed by atoms with E-state index in [1.54, 1.807) is 30.3 Å². The second-order valence-electron chi connectivity index (χ2n) is 6.76. The summed E-state index contributed by atoms with van der Waals surface area (Å²) in [4.78, 5) is 12.8. The summed E-state index contributed by atoms with van der Waals surface area (Å²) in [5, 5.41) is 2.79. The molecule has 0 aromatic heterocycles. The number of carbonyl (C=O) groups is 1. The minimum absolute atomic E-state index is 0.138. The lowest BCUT2D eigenvalue weighted by atomic mass is 10.2. The van der Waals surface area contributed by atoms with Crippen molar-refractivity contribution in [2.45, 2.75) is 19.4 Å². The second kappa shape index (κ2) is 8.20. The van der Waals surface area contributed by atoms with Gasteiger partial charge in [0.15, 0.2) is 17.6 Å². The number of benzene rings is 2. The van der Waals surface area contributed by atoms with Crippen LogP contribution in [0.15, 0.2) is 36.4 Å². The lowest BCUT2D eigenvalue weighted by Crippen LogP contribution is -2.36. The molecule has 0 spiro atoms. The van der Waals surface area contributed by atoms with Crippen molar-refractivity contribution in [3.8, 4) is 17.2 Å². The number of ether oxygens (including phenoxy) is 3. The Balaban J connectivity index is 1.85. The summed E-state index contributed by atoms with van der Waals surface area (Å²) in [5.74, 6) is 1.01. The first-order valence-corrected chi connectivity index (χ1v) is 10.9. The largest absolute Gasteiger partial charge is 0.493 e. The summed E-state index contributed by atoms with van der Waals surface area (Å²) in [6.07, 6.45) is 0.500. The Morgan fingerprint density at radius 3 is 2.52 bits per heavy atom. The Bertz CT molecular complexity index is 1020. The van der Waals surface area contributed by atoms with E-state index >= 15 is 0 Å². The van der Waals surface area contributed by atoms with Crippen molar-refractivity contribution in [1.82, 2.24) is 0 Å². The number of hydrogen-bond acceptors (Lipinski definition) is 6. The minimum atomic E-state index is -3.51. The molecule has 29 heavy (non-hydrogen) atoms. The Labute approximate surface area is 170 Å². The van der Waals surface area contributed by atoms with Gasteiger partial charge in [0.2, 0.25) is 10.0 Å². The van der Waals surface area contributed by atoms with Gasteiger partial charge in [0.05, 0.1) is 26.2 Å². The van der Waals surface area contributed by atoms with Gasteiger partial charge in [-0.1, -0.05) is 6.07 Å². The van der Waals surface area contributed by atoms with Crippen LogP contribution in [-0.2, 0) is 14.8 Å². The third-order valence-electron chi connectivity index (χ3n) is 4.59. The van der Waals surface area contributed by atoms with Crippen LogP contribution in [0.5, 0.6) is 17.2 Å². The molecule has 1 atom stereocenters. The summed E-state index contributed by atoms with van der Waals surface area (Å²) < 4.78 is 42.1. The van der Waals surface area contributed by atoms with Crippen LogP contribution in [0.3, 0.4) is 0 Å². The van der Waals surface area contributed by atoms with Crippen molar-refractivity contribution in [2.75, 3.05) is 36.6 Å². The summed E-state index contributed by atoms with van der Waals surface area (Å²) in [6.45, 7) is 2.01. The quantitative estimate of drug-likeness (QED) is 0.799. The zero-order chi connectivity index (χ0) is 21.2. The predicted octanol–water partition coefficient (Wildman–Crippen LogP) is 2.57. The molecule has 1 aliphatic rings. The van der Waals surface area contributed by atoms with E-state index in [1.807, 2.05) is 13.0 Å². The molecule has 0 unspecified atom stereocenters. The van der Waals surface area contributed by atoms with Crippen molar-refractivity contribution in [1.29, 1.82) is 0 Å². The highest BCUT2D eigenvalue weighted by Gasteiger charge is 2.31. The maximum atomic E-state index is 12.8. The number of methoxy groups -OCH3 is 2. The van der Waals surface area contributed by atoms with Crippen LogP contribution in [0.4, 0.5) is 11.4 Å². The molecule has 156 valence electrons. The molecule has 0 radical (unpaired) electrons. The normalized spacial score (nSPS) is 16.3. The molecule has 0 saturated carbocycles. The zero-order valence-corrected chi connectivity index (χ0v) is 17.6. The third kappa shape index (κ3) is 4.56. The smallest absolute Gasteiger partial charge is 0.265 e. The molecule has 2 aromatic carbocycles. The lowest BCUT2D eigenvalue weighted by molar-refractivity contribution is -0.122. The van der Waals surface area contributed by atoms with E-state index in [4.69, 9.17) is 14.2 Å². The maximum Gasteiger partial charge on any atom is 0.265 e. The molecule has 2 aromatic rings. The average molecular weight is 420 g/mol. The standard InChI is InChI=1S/C20H24N2O6S/c1-13-5-7-16-15(11-13)22(29(4,24)25)10-9-18(28-16)20(23)21-14-6-8-17(26-2)19(12-14)27-3/h5-8,11-12,18H,9-10H2,1-4H3,(H,21,23)/t18-/m1/s1. The number of rotatable bonds is 5. The molecule has 8 nitrogen and oxygen atoms in total. The van der Waals surface area contributed by atoms with Gasteiger partial charge in [-0.15, -0.1) is 0 Å². The minimum Gasteiger partial charge on any atom is -0.493 e. The number of amides is 1. The molecule has 1 amide bonds. The predicted molar refractivity (Wildman–Crippen MR) is 111 cm³/mol. The van der Waals surface area contributed by atoms with Gasteiger partial charge in [0.1, 0.15) is 5.75 Å². The van der Waals surface area contributed by atoms with Crippen LogP contribution in [-0.4, -0.2) is 47.4 Å². The average Bonchev–Trinajstić information content (AvgIpc) is 2.87. The van der Waals surface area contributed by atoms with E-state index < -0.39 is 16.1 Å². The fourth-order valence-corrected chi connectivity index (χ4v) is 4.09. The van der Waals surface area contributed by atoms with E-state index in [1.165, 1.54) is 18.5 Å². The van der Waals surface area contributed by atoms with E-state index in [0.717, 1.165) is 11.8 Å². The van der Waals surface area contributed by atoms with Gasteiger partial charge >= 0.3 is 0 Å². The number of carbonyl (C=O) groups excluding carboxylic acids is 1. The molecule has 1 N–H and O–H groups in total. The van der Waals surface area contributed by atoms with Crippen molar-refractivity contribution in [3.05, 3.63) is 42.0 Å². The van der Waals surface area contributed by atoms with Gasteiger partial charge in [-0.05, 0) is 36.8 Å². The van der Waals surface area contributed by atoms with Crippen molar-refractivity contribution in [2.24, 2.45) is 0 Å². The van der Waals surface area contributed by atoms with Gasteiger partial charge in [-0.2, -0.15) is 0 Å². The van der Waals surface area contributed by atoms with E-state index in [9.17, 15) is 13.2 Å². The molecule has 1 aliphatic heterocycles. The first kappa shape index (κ1) is 20.8. The fourth-order valence-electron chi connectivity index (χ4n) is 3.15. The number of fused-ring (bicyclic) bond motifs is 1. The highest BCUT2D eigenvalue weighted by atomic mass is 32.2. The van der Waals surface area contributed by atoms with E-state index in [2.05, 4.69) is 5.32 Å². The van der Waals surface area contributed by atoms with Gasteiger partial charge in [-0.3, -0.25) is 9.10 Å². The van der Waals surface area contributed by atoms with Gasteiger partial charge in [0.25, 0.3) is 5.91 Å². The zero-order valence-electron chi connectivity index (χ0n) is 16.8. The molecule has 0 bridgehead atoms. The molecule has 1 heterocycles. The first-order chi connectivity index (χ1) is 13.7. The molecule has 0 aliphatic carbocycles. The highest BCUT2D eigenvalue weighted by molar-refractivity contribution is 7.92. The molecule has 3 rings (SSSR count). The lowest BCUT2D eigenvalue weighted by Gasteiger charge is -2.21. The van der Waals surface area contributed by atoms with Crippen LogP contribution in [0.25, 0.3) is 0 Å². The van der Waals surface area contributed by atoms with Gasteiger partial charge < -0.3 is 19.5 Å². The van der Waals surface area contributed by atoms with Crippen LogP contribution in [0, 0.1) is 6.92 Å². The van der Waals surface area contributed by atoms with E-state index in [-0.39, 0.29) is 18.9 Å². The molecular formula is C20H24N2O6S. The third-order valence-corrected chi connectivity index (χ3v) is 5.77. The Morgan fingerprint density at radius 2 is 1.86 bits per heavy atom. The first-order valence-electron chi connectivity index (χ1n) is 9.01. The Hall–Kier alpha value is -2.94. The second-order valence-corrected chi connectivity index (χ2v) is 8.67. The number of anilines is 2. The number of sulfonamides is 1. The number of nitrogens with one attached hydrogen (secondary N) is 1. The van der Waals surface area contributed by atoms with Crippen LogP contribution in [0.2, 0.25) is 0 Å². The number of hydrogen-bond donors (Lipinski definition) is 1. The van der Waals surface area contributed by atoms with Crippen LogP contribution < -0.4 is 23.8 Å². The molecular weight excluding hydrogens is 396 g/mol.